The Hall–Kier alpha value is -1.23. The number of hydrogen-bond acceptors (Lipinski definition) is 3. The summed E-state index contributed by atoms with van der Waals surface area (Å²) < 4.78 is 11.1. The number of alkyl halides is 1. The van der Waals surface area contributed by atoms with E-state index >= 15 is 0 Å². The van der Waals surface area contributed by atoms with Gasteiger partial charge in [0.1, 0.15) is 6.10 Å². The molecule has 1 fully saturated rings. The number of rotatable bonds is 5. The molecule has 0 radical (unpaired) electrons. The van der Waals surface area contributed by atoms with Gasteiger partial charge in [0, 0.05) is 18.2 Å². The lowest BCUT2D eigenvalue weighted by Gasteiger charge is -2.35. The third-order valence-electron chi connectivity index (χ3n) is 4.41. The molecular weight excluding hydrogens is 356 g/mol. The van der Waals surface area contributed by atoms with Crippen LogP contribution in [0.25, 0.3) is 0 Å². The lowest BCUT2D eigenvalue weighted by Crippen LogP contribution is -2.42. The van der Waals surface area contributed by atoms with E-state index in [4.69, 9.17) is 9.47 Å². The molecule has 2 aliphatic carbocycles. The van der Waals surface area contributed by atoms with Gasteiger partial charge in [0.25, 0.3) is 0 Å². The smallest absolute Gasteiger partial charge is 0.192 e. The Morgan fingerprint density at radius 3 is 2.57 bits per heavy atom. The van der Waals surface area contributed by atoms with Crippen molar-refractivity contribution < 1.29 is 14.3 Å². The third-order valence-corrected chi connectivity index (χ3v) is 5.31. The van der Waals surface area contributed by atoms with Crippen LogP contribution >= 0.6 is 15.9 Å². The molecule has 2 unspecified atom stereocenters. The number of benzene rings is 1. The average Bonchev–Trinajstić information content (AvgIpc) is 3.08. The molecule has 0 amide bonds. The maximum Gasteiger partial charge on any atom is 0.192 e. The van der Waals surface area contributed by atoms with E-state index in [2.05, 4.69) is 15.9 Å². The lowest BCUT2D eigenvalue weighted by molar-refractivity contribution is -0.0648. The fraction of sp³-hybridized carbons (Fsp3) is 0.421. The molecule has 0 aromatic heterocycles. The molecule has 1 aromatic carbocycles. The molecule has 2 atom stereocenters. The molecule has 1 aromatic rings. The number of methoxy groups -OCH3 is 1. The number of hydrogen-bond donors (Lipinski definition) is 0. The first-order chi connectivity index (χ1) is 11.1. The number of halogens is 1. The molecule has 2 aliphatic rings. The van der Waals surface area contributed by atoms with Crippen LogP contribution in [0.4, 0.5) is 0 Å². The Morgan fingerprint density at radius 2 is 1.91 bits per heavy atom. The highest BCUT2D eigenvalue weighted by Gasteiger charge is 2.40. The quantitative estimate of drug-likeness (QED) is 0.563. The van der Waals surface area contributed by atoms with E-state index in [0.717, 1.165) is 12.8 Å². The summed E-state index contributed by atoms with van der Waals surface area (Å²) in [4.78, 5) is 12.6. The minimum absolute atomic E-state index is 0.000633. The van der Waals surface area contributed by atoms with Crippen molar-refractivity contribution in [2.75, 3.05) is 7.11 Å². The van der Waals surface area contributed by atoms with Crippen molar-refractivity contribution >= 4 is 21.7 Å². The Bertz CT molecular complexity index is 617. The van der Waals surface area contributed by atoms with Gasteiger partial charge in [0.2, 0.25) is 0 Å². The minimum Gasteiger partial charge on any atom is -0.373 e. The molecule has 3 nitrogen and oxygen atoms in total. The van der Waals surface area contributed by atoms with Crippen LogP contribution < -0.4 is 0 Å². The van der Waals surface area contributed by atoms with Gasteiger partial charge in [0.05, 0.1) is 6.10 Å². The Kier molecular flexibility index (Phi) is 5.14. The SMILES string of the molecule is COC1C=C(C(=O)c2ccccc2)C=CC1(Br)OC1CCCC1. The average molecular weight is 377 g/mol. The first-order valence-electron chi connectivity index (χ1n) is 8.03. The van der Waals surface area contributed by atoms with Gasteiger partial charge in [0.15, 0.2) is 10.3 Å². The number of Topliss-reactive ketones (excluding diaryl/α,β-unsaturated/α-hetero) is 1. The van der Waals surface area contributed by atoms with E-state index in [9.17, 15) is 4.79 Å². The normalized spacial score (nSPS) is 27.9. The second kappa shape index (κ2) is 7.12. The van der Waals surface area contributed by atoms with Crippen LogP contribution in [0.15, 0.2) is 54.1 Å². The number of ether oxygens (including phenoxy) is 2. The monoisotopic (exact) mass is 376 g/mol. The predicted octanol–water partition coefficient (Wildman–Crippen LogP) is 4.43. The van der Waals surface area contributed by atoms with Gasteiger partial charge < -0.3 is 9.47 Å². The molecule has 0 aliphatic heterocycles. The number of ketones is 1. The van der Waals surface area contributed by atoms with Gasteiger partial charge in [-0.25, -0.2) is 0 Å². The fourth-order valence-electron chi connectivity index (χ4n) is 3.13. The van der Waals surface area contributed by atoms with Gasteiger partial charge >= 0.3 is 0 Å². The standard InChI is InChI=1S/C19H21BrO3/c1-22-17-13-15(18(21)14-7-3-2-4-8-14)11-12-19(17,20)23-16-9-5-6-10-16/h2-4,7-8,11-13,16-17H,5-6,9-10H2,1H3. The van der Waals surface area contributed by atoms with Gasteiger partial charge in [-0.15, -0.1) is 0 Å². The highest BCUT2D eigenvalue weighted by atomic mass is 79.9. The first-order valence-corrected chi connectivity index (χ1v) is 8.82. The summed E-state index contributed by atoms with van der Waals surface area (Å²) in [5.74, 6) is -0.000633. The largest absolute Gasteiger partial charge is 0.373 e. The van der Waals surface area contributed by atoms with Crippen molar-refractivity contribution in [2.45, 2.75) is 42.4 Å². The van der Waals surface area contributed by atoms with E-state index < -0.39 is 4.51 Å². The summed E-state index contributed by atoms with van der Waals surface area (Å²) in [6.07, 6.45) is 10.1. The van der Waals surface area contributed by atoms with Crippen molar-refractivity contribution in [1.82, 2.24) is 0 Å². The van der Waals surface area contributed by atoms with E-state index in [0.29, 0.717) is 11.1 Å². The van der Waals surface area contributed by atoms with Crippen LogP contribution in [0.5, 0.6) is 0 Å². The second-order valence-electron chi connectivity index (χ2n) is 6.03. The molecule has 23 heavy (non-hydrogen) atoms. The molecule has 1 saturated carbocycles. The van der Waals surface area contributed by atoms with Crippen molar-refractivity contribution in [3.05, 3.63) is 59.7 Å². The van der Waals surface area contributed by atoms with Gasteiger partial charge in [-0.1, -0.05) is 49.2 Å². The van der Waals surface area contributed by atoms with Gasteiger partial charge in [-0.2, -0.15) is 0 Å². The number of allylic oxidation sites excluding steroid dienone is 2. The fourth-order valence-corrected chi connectivity index (χ4v) is 3.85. The van der Waals surface area contributed by atoms with E-state index in [1.54, 1.807) is 7.11 Å². The summed E-state index contributed by atoms with van der Waals surface area (Å²) in [6.45, 7) is 0. The van der Waals surface area contributed by atoms with E-state index in [1.165, 1.54) is 12.8 Å². The highest BCUT2D eigenvalue weighted by Crippen LogP contribution is 2.38. The number of carbonyl (C=O) groups excluding carboxylic acids is 1. The summed E-state index contributed by atoms with van der Waals surface area (Å²) in [5.41, 5.74) is 1.31. The zero-order chi connectivity index (χ0) is 16.3. The molecule has 0 heterocycles. The van der Waals surface area contributed by atoms with Crippen molar-refractivity contribution in [2.24, 2.45) is 0 Å². The molecule has 122 valence electrons. The van der Waals surface area contributed by atoms with Crippen LogP contribution in [-0.4, -0.2) is 29.6 Å². The van der Waals surface area contributed by atoms with Crippen LogP contribution in [0.3, 0.4) is 0 Å². The Morgan fingerprint density at radius 1 is 1.22 bits per heavy atom. The molecule has 4 heteroatoms. The van der Waals surface area contributed by atoms with Gasteiger partial charge in [-0.3, -0.25) is 4.79 Å². The van der Waals surface area contributed by atoms with E-state index in [-0.39, 0.29) is 18.0 Å². The lowest BCUT2D eigenvalue weighted by atomic mass is 9.95. The molecular formula is C19H21BrO3. The van der Waals surface area contributed by atoms with Crippen LogP contribution in [0, 0.1) is 0 Å². The molecule has 0 spiro atoms. The summed E-state index contributed by atoms with van der Waals surface area (Å²) in [7, 11) is 1.64. The Labute approximate surface area is 145 Å². The molecule has 0 bridgehead atoms. The molecule has 3 rings (SSSR count). The van der Waals surface area contributed by atoms with Crippen molar-refractivity contribution in [1.29, 1.82) is 0 Å². The summed E-state index contributed by atoms with van der Waals surface area (Å²) >= 11 is 3.68. The summed E-state index contributed by atoms with van der Waals surface area (Å²) in [6, 6.07) is 9.28. The summed E-state index contributed by atoms with van der Waals surface area (Å²) in [5, 5.41) is 0. The molecule has 0 saturated heterocycles. The van der Waals surface area contributed by atoms with Gasteiger partial charge in [-0.05, 0) is 40.9 Å². The Balaban J connectivity index is 1.78. The van der Waals surface area contributed by atoms with E-state index in [1.807, 2.05) is 48.6 Å². The third kappa shape index (κ3) is 3.65. The first kappa shape index (κ1) is 16.6. The zero-order valence-electron chi connectivity index (χ0n) is 13.2. The van der Waals surface area contributed by atoms with Crippen molar-refractivity contribution in [3.8, 4) is 0 Å². The number of carbonyl (C=O) groups is 1. The molecule has 0 N–H and O–H groups in total. The van der Waals surface area contributed by atoms with Crippen LogP contribution in [0.1, 0.15) is 36.0 Å². The predicted molar refractivity (Wildman–Crippen MR) is 93.8 cm³/mol. The highest BCUT2D eigenvalue weighted by molar-refractivity contribution is 9.10. The zero-order valence-corrected chi connectivity index (χ0v) is 14.8. The van der Waals surface area contributed by atoms with Crippen molar-refractivity contribution in [3.63, 3.8) is 0 Å². The van der Waals surface area contributed by atoms with Crippen LogP contribution in [-0.2, 0) is 9.47 Å². The topological polar surface area (TPSA) is 35.5 Å². The maximum absolute atomic E-state index is 12.6. The maximum atomic E-state index is 12.6. The minimum atomic E-state index is -0.697. The second-order valence-corrected chi connectivity index (χ2v) is 7.27. The van der Waals surface area contributed by atoms with Crippen LogP contribution in [0.2, 0.25) is 0 Å².